The second-order valence-electron chi connectivity index (χ2n) is 12.4. The minimum atomic E-state index is -0.557. The lowest BCUT2D eigenvalue weighted by Gasteiger charge is -2.28. The number of halogens is 1. The van der Waals surface area contributed by atoms with E-state index in [9.17, 15) is 14.4 Å². The van der Waals surface area contributed by atoms with E-state index in [2.05, 4.69) is 27.3 Å². The van der Waals surface area contributed by atoms with Gasteiger partial charge in [-0.3, -0.25) is 24.3 Å². The number of nitrogens with one attached hydrogen (secondary N) is 1. The number of aliphatic imine (C=N–C) groups is 1. The summed E-state index contributed by atoms with van der Waals surface area (Å²) in [5.74, 6) is -0.437. The second-order valence-corrected chi connectivity index (χ2v) is 13.9. The van der Waals surface area contributed by atoms with Crippen molar-refractivity contribution in [3.05, 3.63) is 119 Å². The summed E-state index contributed by atoms with van der Waals surface area (Å²) in [7, 11) is 0. The normalized spacial score (nSPS) is 20.1. The Morgan fingerprint density at radius 1 is 0.940 bits per heavy atom. The molecule has 0 radical (unpaired) electrons. The first-order valence-electron chi connectivity index (χ1n) is 16.8. The van der Waals surface area contributed by atoms with Crippen LogP contribution in [0.5, 0.6) is 0 Å². The van der Waals surface area contributed by atoms with Gasteiger partial charge in [0.05, 0.1) is 37.6 Å². The van der Waals surface area contributed by atoms with Crippen LogP contribution in [-0.4, -0.2) is 76.6 Å². The number of thioether (sulfide) groups is 1. The lowest BCUT2D eigenvalue weighted by atomic mass is 10.1. The summed E-state index contributed by atoms with van der Waals surface area (Å²) in [4.78, 5) is 55.4. The minimum Gasteiger partial charge on any atom is -0.378 e. The number of hydrogen-bond donors (Lipinski definition) is 1. The average molecular weight is 709 g/mol. The molecule has 12 heteroatoms. The smallest absolute Gasteiger partial charge is 0.247 e. The third kappa shape index (κ3) is 7.70. The zero-order valence-corrected chi connectivity index (χ0v) is 29.0. The Hall–Kier alpha value is -4.71. The van der Waals surface area contributed by atoms with Gasteiger partial charge < -0.3 is 19.9 Å². The highest BCUT2D eigenvalue weighted by molar-refractivity contribution is 8.15. The molecule has 3 amide bonds. The van der Waals surface area contributed by atoms with Crippen molar-refractivity contribution >= 4 is 63.3 Å². The molecule has 10 nitrogen and oxygen atoms in total. The van der Waals surface area contributed by atoms with E-state index in [4.69, 9.17) is 21.3 Å². The molecule has 2 atom stereocenters. The summed E-state index contributed by atoms with van der Waals surface area (Å²) in [6.07, 6.45) is 3.21. The van der Waals surface area contributed by atoms with Gasteiger partial charge in [0.2, 0.25) is 17.7 Å². The summed E-state index contributed by atoms with van der Waals surface area (Å²) in [6, 6.07) is 27.7. The monoisotopic (exact) mass is 708 g/mol. The molecule has 4 heterocycles. The van der Waals surface area contributed by atoms with Crippen molar-refractivity contribution in [1.82, 2.24) is 14.8 Å². The number of likely N-dealkylation sites (tertiary alicyclic amines) is 1. The highest BCUT2D eigenvalue weighted by Crippen LogP contribution is 2.41. The first-order chi connectivity index (χ1) is 24.4. The Morgan fingerprint density at radius 3 is 2.44 bits per heavy atom. The van der Waals surface area contributed by atoms with E-state index in [1.807, 2.05) is 60.7 Å². The van der Waals surface area contributed by atoms with Crippen LogP contribution in [0, 0.1) is 0 Å². The average Bonchev–Trinajstić information content (AvgIpc) is 3.76. The fourth-order valence-electron chi connectivity index (χ4n) is 6.43. The molecule has 4 aromatic rings. The van der Waals surface area contributed by atoms with Crippen LogP contribution in [0.15, 0.2) is 102 Å². The molecule has 0 aliphatic carbocycles. The number of hydrogen-bond acceptors (Lipinski definition) is 8. The summed E-state index contributed by atoms with van der Waals surface area (Å²) >= 11 is 7.68. The highest BCUT2D eigenvalue weighted by atomic mass is 35.5. The van der Waals surface area contributed by atoms with E-state index < -0.39 is 11.3 Å². The Balaban J connectivity index is 1.04. The van der Waals surface area contributed by atoms with Crippen LogP contribution in [0.2, 0.25) is 5.02 Å². The third-order valence-electron chi connectivity index (χ3n) is 9.10. The molecular weight excluding hydrogens is 672 g/mol. The van der Waals surface area contributed by atoms with Crippen molar-refractivity contribution in [3.63, 3.8) is 0 Å². The molecule has 0 bridgehead atoms. The van der Waals surface area contributed by atoms with Gasteiger partial charge in [-0.2, -0.15) is 0 Å². The SMILES string of the molecule is O=C(Nc1ccc(C2S/C(=N\c3ccc(N4CCOCC4)cc3)N(Cc3ccccn3)C2=O)cc1)[C@@H]1CCCN1C(=O)Cc1ccccc1Cl. The number of ether oxygens (including phenoxy) is 1. The standard InChI is InChI=1S/C38H37ClN6O4S/c39-32-8-2-1-6-27(32)24-34(46)44-19-5-9-33(44)36(47)41-28-12-10-26(11-13-28)35-37(48)45(25-30-7-3-4-18-40-30)38(50-35)42-29-14-16-31(17-15-29)43-20-22-49-23-21-43/h1-4,6-8,10-18,33,35H,5,9,19-25H2,(H,41,47)/b42-38-/t33-,35?/m0/s1. The van der Waals surface area contributed by atoms with Gasteiger partial charge in [0.25, 0.3) is 0 Å². The number of nitrogens with zero attached hydrogens (tertiary/aromatic N) is 5. The number of amides is 3. The molecule has 1 unspecified atom stereocenters. The molecule has 0 saturated carbocycles. The number of rotatable bonds is 9. The third-order valence-corrected chi connectivity index (χ3v) is 10.7. The highest BCUT2D eigenvalue weighted by Gasteiger charge is 2.39. The Kier molecular flexibility index (Phi) is 10.4. The summed E-state index contributed by atoms with van der Waals surface area (Å²) < 4.78 is 5.48. The molecule has 256 valence electrons. The number of benzene rings is 3. The van der Waals surface area contributed by atoms with Crippen molar-refractivity contribution in [2.45, 2.75) is 37.1 Å². The molecule has 1 aromatic heterocycles. The van der Waals surface area contributed by atoms with E-state index in [0.717, 1.165) is 47.7 Å². The molecule has 3 aromatic carbocycles. The van der Waals surface area contributed by atoms with Gasteiger partial charge in [-0.15, -0.1) is 0 Å². The molecule has 3 aliphatic rings. The first-order valence-corrected chi connectivity index (χ1v) is 18.0. The lowest BCUT2D eigenvalue weighted by molar-refractivity contribution is -0.136. The Morgan fingerprint density at radius 2 is 1.70 bits per heavy atom. The number of anilines is 2. The van der Waals surface area contributed by atoms with Crippen LogP contribution in [0.25, 0.3) is 0 Å². The van der Waals surface area contributed by atoms with Crippen molar-refractivity contribution in [2.75, 3.05) is 43.1 Å². The summed E-state index contributed by atoms with van der Waals surface area (Å²) in [5.41, 5.74) is 4.78. The van der Waals surface area contributed by atoms with E-state index in [-0.39, 0.29) is 24.1 Å². The molecular formula is C38H37ClN6O4S. The number of morpholine rings is 1. The summed E-state index contributed by atoms with van der Waals surface area (Å²) in [6.45, 7) is 3.96. The maximum absolute atomic E-state index is 13.9. The van der Waals surface area contributed by atoms with E-state index in [1.54, 1.807) is 34.2 Å². The van der Waals surface area contributed by atoms with Gasteiger partial charge >= 0.3 is 0 Å². The lowest BCUT2D eigenvalue weighted by Crippen LogP contribution is -2.43. The molecule has 50 heavy (non-hydrogen) atoms. The number of pyridine rings is 1. The topological polar surface area (TPSA) is 107 Å². The maximum Gasteiger partial charge on any atom is 0.247 e. The molecule has 0 spiro atoms. The number of amidine groups is 1. The molecule has 1 N–H and O–H groups in total. The van der Waals surface area contributed by atoms with Crippen LogP contribution in [0.4, 0.5) is 17.1 Å². The predicted molar refractivity (Wildman–Crippen MR) is 197 cm³/mol. The second kappa shape index (κ2) is 15.5. The predicted octanol–water partition coefficient (Wildman–Crippen LogP) is 6.25. The van der Waals surface area contributed by atoms with Crippen LogP contribution < -0.4 is 10.2 Å². The van der Waals surface area contributed by atoms with E-state index in [1.165, 1.54) is 11.8 Å². The first kappa shape index (κ1) is 33.8. The molecule has 7 rings (SSSR count). The molecule has 3 fully saturated rings. The zero-order valence-electron chi connectivity index (χ0n) is 27.4. The minimum absolute atomic E-state index is 0.0836. The van der Waals surface area contributed by atoms with Gasteiger partial charge in [-0.25, -0.2) is 4.99 Å². The number of carbonyl (C=O) groups is 3. The molecule has 3 aliphatic heterocycles. The van der Waals surface area contributed by atoms with Crippen molar-refractivity contribution in [3.8, 4) is 0 Å². The van der Waals surface area contributed by atoms with Crippen LogP contribution in [0.1, 0.15) is 34.9 Å². The number of carbonyl (C=O) groups excluding carboxylic acids is 3. The van der Waals surface area contributed by atoms with Crippen LogP contribution in [0.3, 0.4) is 0 Å². The fourth-order valence-corrected chi connectivity index (χ4v) is 7.81. The molecule has 3 saturated heterocycles. The Bertz CT molecular complexity index is 1870. The fraction of sp³-hybridized carbons (Fsp3) is 0.289. The van der Waals surface area contributed by atoms with Gasteiger partial charge in [0, 0.05) is 42.2 Å². The quantitative estimate of drug-likeness (QED) is 0.219. The number of aromatic nitrogens is 1. The van der Waals surface area contributed by atoms with Crippen molar-refractivity contribution in [2.24, 2.45) is 4.99 Å². The van der Waals surface area contributed by atoms with Crippen LogP contribution >= 0.6 is 23.4 Å². The zero-order chi connectivity index (χ0) is 34.5. The van der Waals surface area contributed by atoms with E-state index in [0.29, 0.717) is 48.6 Å². The van der Waals surface area contributed by atoms with Gasteiger partial charge in [0.15, 0.2) is 5.17 Å². The van der Waals surface area contributed by atoms with Crippen molar-refractivity contribution < 1.29 is 19.1 Å². The van der Waals surface area contributed by atoms with Gasteiger partial charge in [-0.1, -0.05) is 59.8 Å². The van der Waals surface area contributed by atoms with Gasteiger partial charge in [-0.05, 0) is 78.6 Å². The summed E-state index contributed by atoms with van der Waals surface area (Å²) in [5, 5.41) is 3.61. The van der Waals surface area contributed by atoms with E-state index >= 15 is 0 Å². The largest absolute Gasteiger partial charge is 0.378 e. The van der Waals surface area contributed by atoms with Crippen molar-refractivity contribution in [1.29, 1.82) is 0 Å². The van der Waals surface area contributed by atoms with Gasteiger partial charge in [0.1, 0.15) is 11.3 Å². The van der Waals surface area contributed by atoms with Crippen LogP contribution in [-0.2, 0) is 32.1 Å². The maximum atomic E-state index is 13.9. The Labute approximate surface area is 300 Å².